The lowest BCUT2D eigenvalue weighted by atomic mass is 10.0. The van der Waals surface area contributed by atoms with E-state index in [1.807, 2.05) is 18.2 Å². The number of hydrogen-bond acceptors (Lipinski definition) is 5. The zero-order valence-electron chi connectivity index (χ0n) is 16.2. The number of benzene rings is 2. The Morgan fingerprint density at radius 3 is 2.79 bits per heavy atom. The molecule has 2 heterocycles. The number of ether oxygens (including phenoxy) is 2. The Bertz CT molecular complexity index is 1120. The Kier molecular flexibility index (Phi) is 5.24. The Morgan fingerprint density at radius 2 is 2.03 bits per heavy atom. The normalized spacial score (nSPS) is 16.4. The van der Waals surface area contributed by atoms with E-state index in [1.54, 1.807) is 37.3 Å². The zero-order chi connectivity index (χ0) is 20.5. The van der Waals surface area contributed by atoms with Gasteiger partial charge in [0.1, 0.15) is 18.0 Å². The highest BCUT2D eigenvalue weighted by Crippen LogP contribution is 2.39. The summed E-state index contributed by atoms with van der Waals surface area (Å²) in [5, 5.41) is 0.467. The van der Waals surface area contributed by atoms with Crippen molar-refractivity contribution in [3.63, 3.8) is 0 Å². The number of hydrogen-bond donors (Lipinski definition) is 0. The predicted molar refractivity (Wildman–Crippen MR) is 109 cm³/mol. The largest absolute Gasteiger partial charge is 0.497 e. The minimum absolute atomic E-state index is 0.101. The van der Waals surface area contributed by atoms with Gasteiger partial charge < -0.3 is 18.8 Å². The van der Waals surface area contributed by atoms with Crippen molar-refractivity contribution in [3.05, 3.63) is 57.5 Å². The number of aromatic nitrogens is 1. The number of rotatable bonds is 5. The molecule has 0 radical (unpaired) electrons. The maximum absolute atomic E-state index is 13.1. The van der Waals surface area contributed by atoms with Crippen LogP contribution in [0.25, 0.3) is 11.1 Å². The molecule has 1 saturated heterocycles. The van der Waals surface area contributed by atoms with Crippen LogP contribution in [-0.4, -0.2) is 36.1 Å². The Balaban J connectivity index is 1.64. The van der Waals surface area contributed by atoms with Crippen LogP contribution in [0, 0.1) is 0 Å². The second-order valence-electron chi connectivity index (χ2n) is 6.92. The molecule has 1 fully saturated rings. The first kappa shape index (κ1) is 19.4. The molecule has 3 aromatic rings. The summed E-state index contributed by atoms with van der Waals surface area (Å²) < 4.78 is 17.4. The summed E-state index contributed by atoms with van der Waals surface area (Å²) in [5.41, 5.74) is 1.80. The summed E-state index contributed by atoms with van der Waals surface area (Å²) >= 11 is 5.96. The fraction of sp³-hybridized carbons (Fsp3) is 0.333. The molecule has 0 bridgehead atoms. The summed E-state index contributed by atoms with van der Waals surface area (Å²) in [4.78, 5) is 27.2. The van der Waals surface area contributed by atoms with Crippen LogP contribution in [0.1, 0.15) is 24.4 Å². The van der Waals surface area contributed by atoms with Crippen LogP contribution in [0.5, 0.6) is 11.5 Å². The van der Waals surface area contributed by atoms with E-state index in [0.29, 0.717) is 34.2 Å². The lowest BCUT2D eigenvalue weighted by Gasteiger charge is -2.26. The molecule has 1 aromatic heterocycles. The second-order valence-corrected chi connectivity index (χ2v) is 7.36. The number of carbonyl (C=O) groups is 1. The van der Waals surface area contributed by atoms with Gasteiger partial charge in [-0.2, -0.15) is 0 Å². The standard InChI is InChI=1S/C21H21ClN2O5/c1-27-14-6-8-18(28-2)15(11-14)16-4-3-9-23(16)20(25)12-24-17-7-5-13(22)10-19(17)29-21(24)26/h5-8,10-11,16H,3-4,9,12H2,1-2H3/t16-/m1/s1. The monoisotopic (exact) mass is 416 g/mol. The smallest absolute Gasteiger partial charge is 0.420 e. The summed E-state index contributed by atoms with van der Waals surface area (Å²) in [6.07, 6.45) is 1.68. The summed E-state index contributed by atoms with van der Waals surface area (Å²) in [6.45, 7) is 0.510. The van der Waals surface area contributed by atoms with Crippen LogP contribution in [0.4, 0.5) is 0 Å². The van der Waals surface area contributed by atoms with Crippen molar-refractivity contribution in [1.29, 1.82) is 0 Å². The van der Waals surface area contributed by atoms with Crippen molar-refractivity contribution in [2.45, 2.75) is 25.4 Å². The molecular weight excluding hydrogens is 396 g/mol. The average Bonchev–Trinajstić information content (AvgIpc) is 3.32. The molecule has 1 amide bonds. The molecule has 1 aliphatic heterocycles. The van der Waals surface area contributed by atoms with Crippen LogP contribution in [0.3, 0.4) is 0 Å². The SMILES string of the molecule is COc1ccc(OC)c([C@H]2CCCN2C(=O)Cn2c(=O)oc3cc(Cl)ccc32)c1. The molecule has 0 spiro atoms. The Hall–Kier alpha value is -2.93. The number of halogens is 1. The molecule has 152 valence electrons. The number of fused-ring (bicyclic) bond motifs is 1. The Morgan fingerprint density at radius 1 is 1.21 bits per heavy atom. The van der Waals surface area contributed by atoms with Crippen molar-refractivity contribution in [1.82, 2.24) is 9.47 Å². The number of carbonyl (C=O) groups excluding carboxylic acids is 1. The van der Waals surface area contributed by atoms with E-state index in [9.17, 15) is 9.59 Å². The third kappa shape index (κ3) is 3.58. The first-order chi connectivity index (χ1) is 14.0. The van der Waals surface area contributed by atoms with E-state index in [-0.39, 0.29) is 18.5 Å². The first-order valence-electron chi connectivity index (χ1n) is 9.32. The fourth-order valence-corrected chi connectivity index (χ4v) is 4.07. The maximum atomic E-state index is 13.1. The van der Waals surface area contributed by atoms with E-state index in [2.05, 4.69) is 0 Å². The van der Waals surface area contributed by atoms with Crippen LogP contribution >= 0.6 is 11.6 Å². The molecule has 1 atom stereocenters. The minimum atomic E-state index is -0.578. The highest BCUT2D eigenvalue weighted by atomic mass is 35.5. The molecule has 29 heavy (non-hydrogen) atoms. The van der Waals surface area contributed by atoms with Gasteiger partial charge >= 0.3 is 5.76 Å². The van der Waals surface area contributed by atoms with Gasteiger partial charge in [0.2, 0.25) is 5.91 Å². The zero-order valence-corrected chi connectivity index (χ0v) is 16.9. The molecular formula is C21H21ClN2O5. The highest BCUT2D eigenvalue weighted by Gasteiger charge is 2.32. The van der Waals surface area contributed by atoms with E-state index < -0.39 is 5.76 Å². The van der Waals surface area contributed by atoms with Gasteiger partial charge in [-0.05, 0) is 43.2 Å². The molecule has 4 rings (SSSR count). The molecule has 0 unspecified atom stereocenters. The predicted octanol–water partition coefficient (Wildman–Crippen LogP) is 3.63. The van der Waals surface area contributed by atoms with Crippen molar-refractivity contribution in [3.8, 4) is 11.5 Å². The quantitative estimate of drug-likeness (QED) is 0.635. The molecule has 2 aromatic carbocycles. The molecule has 0 aliphatic carbocycles. The van der Waals surface area contributed by atoms with Crippen LogP contribution < -0.4 is 15.2 Å². The lowest BCUT2D eigenvalue weighted by Crippen LogP contribution is -2.35. The average molecular weight is 417 g/mol. The molecule has 1 aliphatic rings. The summed E-state index contributed by atoms with van der Waals surface area (Å²) in [5.74, 6) is 0.674. The highest BCUT2D eigenvalue weighted by molar-refractivity contribution is 6.31. The summed E-state index contributed by atoms with van der Waals surface area (Å²) in [6, 6.07) is 10.3. The maximum Gasteiger partial charge on any atom is 0.420 e. The molecule has 0 saturated carbocycles. The third-order valence-electron chi connectivity index (χ3n) is 5.29. The van der Waals surface area contributed by atoms with Gasteiger partial charge in [0.15, 0.2) is 5.58 Å². The van der Waals surface area contributed by atoms with E-state index in [0.717, 1.165) is 18.4 Å². The van der Waals surface area contributed by atoms with E-state index in [4.69, 9.17) is 25.5 Å². The number of oxazole rings is 1. The van der Waals surface area contributed by atoms with Crippen molar-refractivity contribution >= 4 is 28.6 Å². The number of nitrogens with zero attached hydrogens (tertiary/aromatic N) is 2. The number of likely N-dealkylation sites (tertiary alicyclic amines) is 1. The van der Waals surface area contributed by atoms with Gasteiger partial charge in [-0.15, -0.1) is 0 Å². The second kappa shape index (κ2) is 7.83. The van der Waals surface area contributed by atoms with E-state index in [1.165, 1.54) is 4.57 Å². The third-order valence-corrected chi connectivity index (χ3v) is 5.53. The van der Waals surface area contributed by atoms with Gasteiger partial charge in [0, 0.05) is 23.2 Å². The minimum Gasteiger partial charge on any atom is -0.497 e. The van der Waals surface area contributed by atoms with Gasteiger partial charge in [0.05, 0.1) is 25.8 Å². The molecule has 0 N–H and O–H groups in total. The number of amides is 1. The van der Waals surface area contributed by atoms with Crippen molar-refractivity contribution in [2.75, 3.05) is 20.8 Å². The van der Waals surface area contributed by atoms with Crippen LogP contribution in [0.15, 0.2) is 45.6 Å². The van der Waals surface area contributed by atoms with Crippen LogP contribution in [0.2, 0.25) is 5.02 Å². The summed E-state index contributed by atoms with van der Waals surface area (Å²) in [7, 11) is 3.21. The molecule has 7 nitrogen and oxygen atoms in total. The van der Waals surface area contributed by atoms with Crippen LogP contribution in [-0.2, 0) is 11.3 Å². The van der Waals surface area contributed by atoms with E-state index >= 15 is 0 Å². The van der Waals surface area contributed by atoms with Gasteiger partial charge in [-0.3, -0.25) is 9.36 Å². The lowest BCUT2D eigenvalue weighted by molar-refractivity contribution is -0.132. The van der Waals surface area contributed by atoms with Gasteiger partial charge in [0.25, 0.3) is 0 Å². The van der Waals surface area contributed by atoms with Crippen molar-refractivity contribution < 1.29 is 18.7 Å². The van der Waals surface area contributed by atoms with Gasteiger partial charge in [-0.1, -0.05) is 11.6 Å². The molecule has 8 heteroatoms. The van der Waals surface area contributed by atoms with Gasteiger partial charge in [-0.25, -0.2) is 4.79 Å². The van der Waals surface area contributed by atoms with Crippen molar-refractivity contribution in [2.24, 2.45) is 0 Å². The number of methoxy groups -OCH3 is 2. The fourth-order valence-electron chi connectivity index (χ4n) is 3.90. The Labute approximate surface area is 172 Å². The first-order valence-corrected chi connectivity index (χ1v) is 9.70. The topological polar surface area (TPSA) is 73.9 Å².